The van der Waals surface area contributed by atoms with Crippen molar-refractivity contribution in [2.75, 3.05) is 6.61 Å². The van der Waals surface area contributed by atoms with E-state index >= 15 is 0 Å². The Labute approximate surface area is 179 Å². The van der Waals surface area contributed by atoms with E-state index in [4.69, 9.17) is 21.8 Å². The van der Waals surface area contributed by atoms with E-state index in [0.29, 0.717) is 34.9 Å². The minimum atomic E-state index is -0.834. The molecule has 29 heavy (non-hydrogen) atoms. The zero-order valence-corrected chi connectivity index (χ0v) is 18.4. The number of carboxylic acid groups (broad SMARTS) is 1. The van der Waals surface area contributed by atoms with Crippen LogP contribution < -0.4 is 5.32 Å². The van der Waals surface area contributed by atoms with Crippen molar-refractivity contribution >= 4 is 17.6 Å². The predicted octanol–water partition coefficient (Wildman–Crippen LogP) is 3.12. The standard InChI is InChI=1S/C23H36ClNO4/c1-16(8-10-20(27)15-18(24)11-14-26)21-6-4-13-23(21)12-3-5-19(25-23)9-7-17(2)22(28)29/h7-8,10,15-16,19-21,25-27H,3-6,9,11-14H2,1-2H3,(H,28,29)/p+1/b10-8+,17-7+,18-15-/t16-,19+,20+,21+,23+/m0/s1. The van der Waals surface area contributed by atoms with Crippen LogP contribution in [0.25, 0.3) is 0 Å². The lowest BCUT2D eigenvalue weighted by Crippen LogP contribution is -3.03. The van der Waals surface area contributed by atoms with E-state index in [-0.39, 0.29) is 12.1 Å². The van der Waals surface area contributed by atoms with Gasteiger partial charge in [-0.05, 0) is 44.6 Å². The molecule has 1 heterocycles. The number of halogens is 1. The number of piperidine rings is 1. The molecule has 0 radical (unpaired) electrons. The van der Waals surface area contributed by atoms with Gasteiger partial charge in [-0.3, -0.25) is 0 Å². The maximum absolute atomic E-state index is 11.1. The first-order valence-electron chi connectivity index (χ1n) is 10.9. The molecule has 2 fully saturated rings. The Morgan fingerprint density at radius 3 is 2.62 bits per heavy atom. The number of aliphatic hydroxyl groups is 2. The van der Waals surface area contributed by atoms with Crippen LogP contribution in [0.2, 0.25) is 0 Å². The van der Waals surface area contributed by atoms with Gasteiger partial charge in [0.15, 0.2) is 0 Å². The number of hydrogen-bond acceptors (Lipinski definition) is 3. The monoisotopic (exact) mass is 426 g/mol. The lowest BCUT2D eigenvalue weighted by atomic mass is 9.72. The number of allylic oxidation sites excluding steroid dienone is 1. The van der Waals surface area contributed by atoms with Crippen LogP contribution in [0.5, 0.6) is 0 Å². The number of nitrogens with two attached hydrogens (primary N) is 1. The first-order valence-corrected chi connectivity index (χ1v) is 11.2. The van der Waals surface area contributed by atoms with Gasteiger partial charge in [0.05, 0.1) is 17.7 Å². The molecule has 164 valence electrons. The van der Waals surface area contributed by atoms with E-state index in [1.165, 1.54) is 32.1 Å². The third kappa shape index (κ3) is 6.95. The molecule has 0 aromatic rings. The van der Waals surface area contributed by atoms with Crippen molar-refractivity contribution in [3.63, 3.8) is 0 Å². The molecule has 1 spiro atoms. The van der Waals surface area contributed by atoms with Gasteiger partial charge in [-0.1, -0.05) is 36.8 Å². The van der Waals surface area contributed by atoms with Gasteiger partial charge in [0.25, 0.3) is 0 Å². The molecule has 0 bridgehead atoms. The third-order valence-electron chi connectivity index (χ3n) is 6.69. The predicted molar refractivity (Wildman–Crippen MR) is 116 cm³/mol. The highest BCUT2D eigenvalue weighted by atomic mass is 35.5. The fourth-order valence-corrected chi connectivity index (χ4v) is 5.43. The minimum absolute atomic E-state index is 0.0229. The maximum atomic E-state index is 11.1. The van der Waals surface area contributed by atoms with Gasteiger partial charge in [-0.15, -0.1) is 0 Å². The van der Waals surface area contributed by atoms with Gasteiger partial charge in [-0.2, -0.15) is 0 Å². The largest absolute Gasteiger partial charge is 0.478 e. The normalized spacial score (nSPS) is 30.8. The Morgan fingerprint density at radius 1 is 1.28 bits per heavy atom. The number of quaternary nitrogens is 1. The van der Waals surface area contributed by atoms with Crippen LogP contribution >= 0.6 is 11.6 Å². The molecule has 1 aliphatic heterocycles. The highest BCUT2D eigenvalue weighted by Gasteiger charge is 2.50. The van der Waals surface area contributed by atoms with Crippen LogP contribution in [-0.2, 0) is 4.79 Å². The molecular formula is C23H37ClNO4+. The van der Waals surface area contributed by atoms with Crippen LogP contribution in [0.3, 0.4) is 0 Å². The number of aliphatic hydroxyl groups excluding tert-OH is 2. The first kappa shape index (κ1) is 24.1. The lowest BCUT2D eigenvalue weighted by Gasteiger charge is -2.42. The Kier molecular flexibility index (Phi) is 9.41. The summed E-state index contributed by atoms with van der Waals surface area (Å²) in [5.74, 6) is 0.0679. The average Bonchev–Trinajstić information content (AvgIpc) is 3.06. The molecule has 1 aliphatic carbocycles. The van der Waals surface area contributed by atoms with Crippen LogP contribution in [-0.4, -0.2) is 45.6 Å². The third-order valence-corrected chi connectivity index (χ3v) is 7.01. The molecule has 0 amide bonds. The highest BCUT2D eigenvalue weighted by Crippen LogP contribution is 2.43. The summed E-state index contributed by atoms with van der Waals surface area (Å²) in [6.07, 6.45) is 14.9. The summed E-state index contributed by atoms with van der Waals surface area (Å²) in [6, 6.07) is 0.445. The second-order valence-electron chi connectivity index (χ2n) is 8.80. The average molecular weight is 427 g/mol. The fourth-order valence-electron chi connectivity index (χ4n) is 5.21. The Hall–Kier alpha value is -1.14. The molecule has 0 aromatic carbocycles. The van der Waals surface area contributed by atoms with Crippen molar-refractivity contribution in [1.82, 2.24) is 0 Å². The van der Waals surface area contributed by atoms with E-state index in [0.717, 1.165) is 12.8 Å². The minimum Gasteiger partial charge on any atom is -0.478 e. The molecule has 1 saturated carbocycles. The molecule has 1 saturated heterocycles. The molecule has 0 unspecified atom stereocenters. The summed E-state index contributed by atoms with van der Waals surface area (Å²) >= 11 is 5.98. The Balaban J connectivity index is 2.01. The Bertz CT molecular complexity index is 645. The summed E-state index contributed by atoms with van der Waals surface area (Å²) in [6.45, 7) is 3.87. The van der Waals surface area contributed by atoms with Crippen LogP contribution in [0.4, 0.5) is 0 Å². The van der Waals surface area contributed by atoms with Gasteiger partial charge in [0, 0.05) is 48.8 Å². The van der Waals surface area contributed by atoms with Gasteiger partial charge in [0.2, 0.25) is 0 Å². The number of aliphatic carboxylic acids is 1. The first-order chi connectivity index (χ1) is 13.8. The summed E-state index contributed by atoms with van der Waals surface area (Å²) < 4.78 is 0. The molecule has 2 aliphatic rings. The van der Waals surface area contributed by atoms with Gasteiger partial charge < -0.3 is 20.6 Å². The molecular weight excluding hydrogens is 390 g/mol. The number of carbonyl (C=O) groups is 1. The number of hydrogen-bond donors (Lipinski definition) is 4. The maximum Gasteiger partial charge on any atom is 0.330 e. The van der Waals surface area contributed by atoms with E-state index in [2.05, 4.69) is 18.3 Å². The van der Waals surface area contributed by atoms with Crippen LogP contribution in [0.1, 0.15) is 65.2 Å². The second kappa shape index (κ2) is 11.3. The van der Waals surface area contributed by atoms with E-state index in [1.807, 2.05) is 6.08 Å². The van der Waals surface area contributed by atoms with Gasteiger partial charge in [0.1, 0.15) is 0 Å². The zero-order valence-electron chi connectivity index (χ0n) is 17.7. The van der Waals surface area contributed by atoms with Crippen molar-refractivity contribution in [3.05, 3.63) is 34.9 Å². The van der Waals surface area contributed by atoms with Crippen molar-refractivity contribution < 1.29 is 25.4 Å². The van der Waals surface area contributed by atoms with Crippen molar-refractivity contribution in [1.29, 1.82) is 0 Å². The summed E-state index contributed by atoms with van der Waals surface area (Å²) in [7, 11) is 0. The summed E-state index contributed by atoms with van der Waals surface area (Å²) in [4.78, 5) is 11.1. The summed E-state index contributed by atoms with van der Waals surface area (Å²) in [5, 5.41) is 31.2. The van der Waals surface area contributed by atoms with Crippen molar-refractivity contribution in [3.8, 4) is 0 Å². The molecule has 6 heteroatoms. The van der Waals surface area contributed by atoms with Crippen molar-refractivity contribution in [2.24, 2.45) is 11.8 Å². The van der Waals surface area contributed by atoms with Crippen LogP contribution in [0, 0.1) is 11.8 Å². The van der Waals surface area contributed by atoms with Gasteiger partial charge in [-0.25, -0.2) is 4.79 Å². The number of carboxylic acids is 1. The number of rotatable bonds is 9. The fraction of sp³-hybridized carbons (Fsp3) is 0.696. The van der Waals surface area contributed by atoms with Crippen molar-refractivity contribution in [2.45, 2.75) is 82.9 Å². The molecule has 5 atom stereocenters. The smallest absolute Gasteiger partial charge is 0.330 e. The van der Waals surface area contributed by atoms with E-state index in [1.54, 1.807) is 19.1 Å². The quantitative estimate of drug-likeness (QED) is 0.336. The van der Waals surface area contributed by atoms with Gasteiger partial charge >= 0.3 is 5.97 Å². The second-order valence-corrected chi connectivity index (χ2v) is 9.29. The zero-order chi connectivity index (χ0) is 21.4. The van der Waals surface area contributed by atoms with E-state index < -0.39 is 12.1 Å². The highest BCUT2D eigenvalue weighted by molar-refractivity contribution is 6.29. The SMILES string of the molecule is C/C(=C\C[C@H]1CCC[C@]2(CCC[C@@H]2[C@@H](C)/C=C/[C@@H](O)/C=C(\Cl)CCO)[NH2+]1)C(=O)O. The topological polar surface area (TPSA) is 94.4 Å². The lowest BCUT2D eigenvalue weighted by molar-refractivity contribution is -0.771. The summed E-state index contributed by atoms with van der Waals surface area (Å²) in [5.41, 5.74) is 0.659. The van der Waals surface area contributed by atoms with E-state index in [9.17, 15) is 9.90 Å². The molecule has 2 rings (SSSR count). The van der Waals surface area contributed by atoms with Crippen LogP contribution in [0.15, 0.2) is 34.9 Å². The Morgan fingerprint density at radius 2 is 1.97 bits per heavy atom. The molecule has 0 aromatic heterocycles. The molecule has 5 N–H and O–H groups in total. The molecule has 5 nitrogen and oxygen atoms in total.